The van der Waals surface area contributed by atoms with Crippen LogP contribution in [0, 0.1) is 0 Å². The van der Waals surface area contributed by atoms with Crippen LogP contribution in [0.3, 0.4) is 0 Å². The zero-order chi connectivity index (χ0) is 13.2. The third kappa shape index (κ3) is 2.36. The number of carbonyl (C=O) groups excluding carboxylic acids is 1. The second-order valence-electron chi connectivity index (χ2n) is 3.67. The third-order valence-corrected chi connectivity index (χ3v) is 2.59. The molecule has 0 saturated carbocycles. The zero-order valence-corrected chi connectivity index (χ0v) is 10.2. The van der Waals surface area contributed by atoms with E-state index in [0.29, 0.717) is 22.0 Å². The van der Waals surface area contributed by atoms with Crippen molar-refractivity contribution in [2.24, 2.45) is 0 Å². The molecule has 7 nitrogen and oxygen atoms in total. The molecule has 19 heavy (non-hydrogen) atoms. The van der Waals surface area contributed by atoms with Crippen molar-refractivity contribution in [1.82, 2.24) is 24.9 Å². The van der Waals surface area contributed by atoms with Gasteiger partial charge in [-0.2, -0.15) is 0 Å². The van der Waals surface area contributed by atoms with E-state index in [0.717, 1.165) is 0 Å². The highest BCUT2D eigenvalue weighted by Crippen LogP contribution is 2.12. The van der Waals surface area contributed by atoms with Gasteiger partial charge in [-0.1, -0.05) is 11.6 Å². The molecule has 3 aromatic rings. The van der Waals surface area contributed by atoms with E-state index >= 15 is 0 Å². The van der Waals surface area contributed by atoms with Crippen molar-refractivity contribution in [1.29, 1.82) is 0 Å². The van der Waals surface area contributed by atoms with Crippen molar-refractivity contribution in [3.05, 3.63) is 41.8 Å². The molecule has 2 N–H and O–H groups in total. The lowest BCUT2D eigenvalue weighted by Gasteiger charge is -2.01. The quantitative estimate of drug-likeness (QED) is 0.693. The molecule has 0 aliphatic rings. The normalized spacial score (nSPS) is 10.6. The van der Waals surface area contributed by atoms with Gasteiger partial charge in [0, 0.05) is 0 Å². The van der Waals surface area contributed by atoms with Gasteiger partial charge in [0.15, 0.2) is 11.5 Å². The van der Waals surface area contributed by atoms with Crippen molar-refractivity contribution < 1.29 is 4.79 Å². The van der Waals surface area contributed by atoms with Crippen LogP contribution in [0.5, 0.6) is 0 Å². The molecule has 3 heterocycles. The summed E-state index contributed by atoms with van der Waals surface area (Å²) in [6, 6.07) is 3.23. The minimum atomic E-state index is -0.387. The van der Waals surface area contributed by atoms with Crippen LogP contribution in [-0.2, 0) is 0 Å². The van der Waals surface area contributed by atoms with Gasteiger partial charge in [0.2, 0.25) is 0 Å². The van der Waals surface area contributed by atoms with Gasteiger partial charge >= 0.3 is 0 Å². The molecule has 0 aliphatic carbocycles. The Morgan fingerprint density at radius 1 is 1.26 bits per heavy atom. The van der Waals surface area contributed by atoms with Crippen LogP contribution in [-0.4, -0.2) is 30.8 Å². The number of rotatable bonds is 2. The number of aromatic amines is 1. The van der Waals surface area contributed by atoms with Crippen LogP contribution in [0.2, 0.25) is 5.15 Å². The first kappa shape index (κ1) is 11.5. The molecule has 0 unspecified atom stereocenters. The molecule has 0 spiro atoms. The minimum absolute atomic E-state index is 0.158. The van der Waals surface area contributed by atoms with Crippen molar-refractivity contribution in [2.45, 2.75) is 0 Å². The van der Waals surface area contributed by atoms with Gasteiger partial charge in [-0.05, 0) is 12.1 Å². The van der Waals surface area contributed by atoms with Crippen molar-refractivity contribution in [3.8, 4) is 0 Å². The monoisotopic (exact) mass is 274 g/mol. The van der Waals surface area contributed by atoms with Crippen LogP contribution in [0.1, 0.15) is 10.6 Å². The molecule has 94 valence electrons. The molecule has 0 fully saturated rings. The molecule has 1 amide bonds. The number of nitrogens with one attached hydrogen (secondary N) is 2. The van der Waals surface area contributed by atoms with E-state index in [1.165, 1.54) is 12.5 Å². The maximum Gasteiger partial charge on any atom is 0.291 e. The second kappa shape index (κ2) is 4.62. The number of halogens is 1. The maximum atomic E-state index is 12.0. The van der Waals surface area contributed by atoms with E-state index in [1.54, 1.807) is 18.3 Å². The summed E-state index contributed by atoms with van der Waals surface area (Å²) in [5.74, 6) is -0.229. The van der Waals surface area contributed by atoms with Gasteiger partial charge in [-0.15, -0.1) is 0 Å². The van der Waals surface area contributed by atoms with Gasteiger partial charge in [-0.25, -0.2) is 19.9 Å². The van der Waals surface area contributed by atoms with E-state index < -0.39 is 0 Å². The summed E-state index contributed by atoms with van der Waals surface area (Å²) in [6.45, 7) is 0. The smallest absolute Gasteiger partial charge is 0.291 e. The van der Waals surface area contributed by atoms with E-state index in [1.807, 2.05) is 0 Å². The van der Waals surface area contributed by atoms with E-state index in [4.69, 9.17) is 11.6 Å². The summed E-state index contributed by atoms with van der Waals surface area (Å²) in [7, 11) is 0. The van der Waals surface area contributed by atoms with Crippen molar-refractivity contribution in [3.63, 3.8) is 0 Å². The Morgan fingerprint density at radius 2 is 2.16 bits per heavy atom. The number of aromatic nitrogens is 5. The highest BCUT2D eigenvalue weighted by atomic mass is 35.5. The first-order chi connectivity index (χ1) is 9.22. The molecule has 0 saturated heterocycles. The van der Waals surface area contributed by atoms with Crippen LogP contribution in [0.4, 0.5) is 5.69 Å². The van der Waals surface area contributed by atoms with Crippen molar-refractivity contribution >= 4 is 34.4 Å². The Labute approximate surface area is 112 Å². The standard InChI is InChI=1S/C11H7ClN6O/c12-8-2-1-6(3-14-8)16-11(19)10-17-7-4-13-5-15-9(7)18-10/h1-5H,(H,16,19)(H,13,15,17,18). The summed E-state index contributed by atoms with van der Waals surface area (Å²) >= 11 is 5.66. The average Bonchev–Trinajstić information content (AvgIpc) is 2.85. The largest absolute Gasteiger partial charge is 0.331 e. The third-order valence-electron chi connectivity index (χ3n) is 2.36. The number of hydrogen-bond donors (Lipinski definition) is 2. The number of anilines is 1. The van der Waals surface area contributed by atoms with E-state index in [-0.39, 0.29) is 11.7 Å². The summed E-state index contributed by atoms with van der Waals surface area (Å²) < 4.78 is 0. The molecular formula is C11H7ClN6O. The zero-order valence-electron chi connectivity index (χ0n) is 9.46. The highest BCUT2D eigenvalue weighted by Gasteiger charge is 2.12. The SMILES string of the molecule is O=C(Nc1ccc(Cl)nc1)c1nc2ncncc2[nH]1. The van der Waals surface area contributed by atoms with Gasteiger partial charge in [0.1, 0.15) is 17.0 Å². The molecular weight excluding hydrogens is 268 g/mol. The van der Waals surface area contributed by atoms with Gasteiger partial charge in [0.25, 0.3) is 5.91 Å². The van der Waals surface area contributed by atoms with Gasteiger partial charge < -0.3 is 10.3 Å². The topological polar surface area (TPSA) is 96.5 Å². The summed E-state index contributed by atoms with van der Waals surface area (Å²) in [4.78, 5) is 30.5. The molecule has 3 aromatic heterocycles. The predicted octanol–water partition coefficient (Wildman–Crippen LogP) is 1.65. The molecule has 0 aromatic carbocycles. The van der Waals surface area contributed by atoms with Gasteiger partial charge in [0.05, 0.1) is 18.1 Å². The first-order valence-electron chi connectivity index (χ1n) is 5.31. The number of fused-ring (bicyclic) bond motifs is 1. The number of carbonyl (C=O) groups is 1. The fraction of sp³-hybridized carbons (Fsp3) is 0. The van der Waals surface area contributed by atoms with Crippen LogP contribution >= 0.6 is 11.6 Å². The van der Waals surface area contributed by atoms with E-state index in [9.17, 15) is 4.79 Å². The van der Waals surface area contributed by atoms with Crippen LogP contribution < -0.4 is 5.32 Å². The summed E-state index contributed by atoms with van der Waals surface area (Å²) in [5.41, 5.74) is 1.57. The Balaban J connectivity index is 1.85. The van der Waals surface area contributed by atoms with Gasteiger partial charge in [-0.3, -0.25) is 4.79 Å². The number of amides is 1. The second-order valence-corrected chi connectivity index (χ2v) is 4.06. The fourth-order valence-electron chi connectivity index (χ4n) is 1.51. The van der Waals surface area contributed by atoms with E-state index in [2.05, 4.69) is 30.2 Å². The molecule has 0 atom stereocenters. The lowest BCUT2D eigenvalue weighted by atomic mass is 10.4. The molecule has 8 heteroatoms. The first-order valence-corrected chi connectivity index (χ1v) is 5.69. The molecule has 0 aliphatic heterocycles. The molecule has 3 rings (SSSR count). The highest BCUT2D eigenvalue weighted by molar-refractivity contribution is 6.29. The lowest BCUT2D eigenvalue weighted by molar-refractivity contribution is 0.101. The Kier molecular flexibility index (Phi) is 2.81. The average molecular weight is 275 g/mol. The minimum Gasteiger partial charge on any atom is -0.331 e. The Bertz CT molecular complexity index is 705. The van der Waals surface area contributed by atoms with Crippen LogP contribution in [0.15, 0.2) is 30.9 Å². The predicted molar refractivity (Wildman–Crippen MR) is 68.9 cm³/mol. The summed E-state index contributed by atoms with van der Waals surface area (Å²) in [6.07, 6.45) is 4.38. The number of H-pyrrole nitrogens is 1. The molecule has 0 radical (unpaired) electrons. The number of pyridine rings is 1. The Morgan fingerprint density at radius 3 is 2.89 bits per heavy atom. The number of imidazole rings is 1. The molecule has 0 bridgehead atoms. The lowest BCUT2D eigenvalue weighted by Crippen LogP contribution is -2.13. The maximum absolute atomic E-state index is 12.0. The fourth-order valence-corrected chi connectivity index (χ4v) is 1.62. The number of nitrogens with zero attached hydrogens (tertiary/aromatic N) is 4. The summed E-state index contributed by atoms with van der Waals surface area (Å²) in [5, 5.41) is 3.00. The van der Waals surface area contributed by atoms with Crippen molar-refractivity contribution in [2.75, 3.05) is 5.32 Å². The van der Waals surface area contributed by atoms with Crippen LogP contribution in [0.25, 0.3) is 11.2 Å². The Hall–Kier alpha value is -2.54. The number of hydrogen-bond acceptors (Lipinski definition) is 5.